The molecule has 1 aromatic heterocycles. The normalized spacial score (nSPS) is 11.5. The van der Waals surface area contributed by atoms with E-state index in [0.29, 0.717) is 0 Å². The van der Waals surface area contributed by atoms with Gasteiger partial charge in [-0.1, -0.05) is 158 Å². The summed E-state index contributed by atoms with van der Waals surface area (Å²) in [5, 5.41) is 7.62. The maximum atomic E-state index is 2.39. The predicted molar refractivity (Wildman–Crippen MR) is 225 cm³/mol. The summed E-state index contributed by atoms with van der Waals surface area (Å²) in [6.07, 6.45) is 0. The zero-order valence-electron chi connectivity index (χ0n) is 28.4. The number of benzene rings is 9. The van der Waals surface area contributed by atoms with Crippen LogP contribution >= 0.6 is 11.3 Å². The molecule has 0 unspecified atom stereocenters. The van der Waals surface area contributed by atoms with Crippen LogP contribution in [-0.2, 0) is 0 Å². The summed E-state index contributed by atoms with van der Waals surface area (Å²) < 4.78 is 2.60. The minimum atomic E-state index is 1.11. The Bertz CT molecular complexity index is 2880. The Morgan fingerprint density at radius 2 is 0.865 bits per heavy atom. The molecule has 9 aromatic carbocycles. The molecular weight excluding hydrogens is 647 g/mol. The number of thiophene rings is 1. The fraction of sp³-hybridized carbons (Fsp3) is 0. The van der Waals surface area contributed by atoms with Crippen molar-refractivity contribution < 1.29 is 0 Å². The van der Waals surface area contributed by atoms with Crippen molar-refractivity contribution in [2.24, 2.45) is 0 Å². The highest BCUT2D eigenvalue weighted by Crippen LogP contribution is 2.44. The standard InChI is InChI=1S/C50H33NS/c1-2-11-34(12-3-1)35-21-26-39(27-22-35)51(41-30-32-46-45-18-8-9-20-48(45)52-49(46)33-41)40-28-23-38(24-29-40)50-43-17-7-5-14-37(43)25-31-47(50)44-19-10-15-36-13-4-6-16-42(36)44/h1-33H. The summed E-state index contributed by atoms with van der Waals surface area (Å²) in [6.45, 7) is 0. The molecule has 0 aliphatic heterocycles. The number of fused-ring (bicyclic) bond motifs is 5. The van der Waals surface area contributed by atoms with Crippen molar-refractivity contribution in [3.05, 3.63) is 200 Å². The average molecular weight is 680 g/mol. The molecule has 0 bridgehead atoms. The third-order valence-corrected chi connectivity index (χ3v) is 11.4. The van der Waals surface area contributed by atoms with Crippen LogP contribution in [0.25, 0.3) is 75.1 Å². The highest BCUT2D eigenvalue weighted by molar-refractivity contribution is 7.25. The molecule has 0 spiro atoms. The van der Waals surface area contributed by atoms with Gasteiger partial charge in [0.15, 0.2) is 0 Å². The topological polar surface area (TPSA) is 3.24 Å². The lowest BCUT2D eigenvalue weighted by Gasteiger charge is -2.26. The Hall–Kier alpha value is -6.48. The lowest BCUT2D eigenvalue weighted by atomic mass is 9.88. The van der Waals surface area contributed by atoms with Crippen LogP contribution in [0.15, 0.2) is 200 Å². The molecule has 0 saturated carbocycles. The molecule has 10 aromatic rings. The monoisotopic (exact) mass is 679 g/mol. The predicted octanol–water partition coefficient (Wildman–Crippen LogP) is 14.8. The number of rotatable bonds is 6. The summed E-state index contributed by atoms with van der Waals surface area (Å²) >= 11 is 1.86. The first-order chi connectivity index (χ1) is 25.8. The van der Waals surface area contributed by atoms with E-state index >= 15 is 0 Å². The third-order valence-electron chi connectivity index (χ3n) is 10.3. The zero-order chi connectivity index (χ0) is 34.4. The summed E-state index contributed by atoms with van der Waals surface area (Å²) in [5.41, 5.74) is 10.7. The molecule has 0 radical (unpaired) electrons. The molecule has 1 heterocycles. The molecule has 2 heteroatoms. The second-order valence-electron chi connectivity index (χ2n) is 13.3. The lowest BCUT2D eigenvalue weighted by Crippen LogP contribution is -2.09. The van der Waals surface area contributed by atoms with Crippen molar-refractivity contribution in [1.82, 2.24) is 0 Å². The van der Waals surface area contributed by atoms with Gasteiger partial charge in [-0.15, -0.1) is 11.3 Å². The first-order valence-electron chi connectivity index (χ1n) is 17.8. The molecule has 0 N–H and O–H groups in total. The number of nitrogens with zero attached hydrogens (tertiary/aromatic N) is 1. The molecule has 10 rings (SSSR count). The van der Waals surface area contributed by atoms with E-state index in [2.05, 4.69) is 205 Å². The Labute approximate surface area is 307 Å². The van der Waals surface area contributed by atoms with Gasteiger partial charge < -0.3 is 4.90 Å². The first kappa shape index (κ1) is 30.4. The van der Waals surface area contributed by atoms with Crippen LogP contribution < -0.4 is 4.90 Å². The number of hydrogen-bond acceptors (Lipinski definition) is 2. The van der Waals surface area contributed by atoms with E-state index in [4.69, 9.17) is 0 Å². The quantitative estimate of drug-likeness (QED) is 0.169. The van der Waals surface area contributed by atoms with Gasteiger partial charge in [0.2, 0.25) is 0 Å². The van der Waals surface area contributed by atoms with Gasteiger partial charge in [-0.2, -0.15) is 0 Å². The van der Waals surface area contributed by atoms with E-state index in [1.54, 1.807) is 0 Å². The molecule has 0 atom stereocenters. The molecule has 244 valence electrons. The van der Waals surface area contributed by atoms with Gasteiger partial charge >= 0.3 is 0 Å². The fourth-order valence-electron chi connectivity index (χ4n) is 7.78. The van der Waals surface area contributed by atoms with Gasteiger partial charge in [0.25, 0.3) is 0 Å². The molecule has 0 saturated heterocycles. The maximum absolute atomic E-state index is 2.39. The second kappa shape index (κ2) is 12.7. The van der Waals surface area contributed by atoms with Gasteiger partial charge in [-0.3, -0.25) is 0 Å². The maximum Gasteiger partial charge on any atom is 0.0476 e. The number of anilines is 3. The third kappa shape index (κ3) is 5.24. The minimum absolute atomic E-state index is 1.11. The largest absolute Gasteiger partial charge is 0.310 e. The van der Waals surface area contributed by atoms with E-state index in [1.165, 1.54) is 75.1 Å². The second-order valence-corrected chi connectivity index (χ2v) is 14.4. The lowest BCUT2D eigenvalue weighted by molar-refractivity contribution is 1.29. The van der Waals surface area contributed by atoms with Gasteiger partial charge in [0.05, 0.1) is 0 Å². The summed E-state index contributed by atoms with van der Waals surface area (Å²) in [4.78, 5) is 2.39. The number of hydrogen-bond donors (Lipinski definition) is 0. The SMILES string of the molecule is c1ccc(-c2ccc(N(c3ccc(-c4c(-c5cccc6ccccc56)ccc5ccccc45)cc3)c3ccc4c(c3)sc3ccccc34)cc2)cc1. The fourth-order valence-corrected chi connectivity index (χ4v) is 8.92. The van der Waals surface area contributed by atoms with Crippen molar-refractivity contribution in [3.63, 3.8) is 0 Å². The summed E-state index contributed by atoms with van der Waals surface area (Å²) in [5.74, 6) is 0. The Balaban J connectivity index is 1.13. The van der Waals surface area contributed by atoms with Crippen LogP contribution in [-0.4, -0.2) is 0 Å². The van der Waals surface area contributed by atoms with Crippen LogP contribution in [0.3, 0.4) is 0 Å². The van der Waals surface area contributed by atoms with Crippen molar-refractivity contribution >= 4 is 70.1 Å². The van der Waals surface area contributed by atoms with E-state index in [0.717, 1.165) is 17.1 Å². The summed E-state index contributed by atoms with van der Waals surface area (Å²) in [7, 11) is 0. The van der Waals surface area contributed by atoms with Crippen LogP contribution in [0.5, 0.6) is 0 Å². The van der Waals surface area contributed by atoms with Crippen LogP contribution in [0.1, 0.15) is 0 Å². The first-order valence-corrected chi connectivity index (χ1v) is 18.6. The molecule has 0 aliphatic carbocycles. The van der Waals surface area contributed by atoms with Crippen molar-refractivity contribution in [1.29, 1.82) is 0 Å². The zero-order valence-corrected chi connectivity index (χ0v) is 29.2. The Morgan fingerprint density at radius 3 is 1.63 bits per heavy atom. The molecule has 0 aliphatic rings. The van der Waals surface area contributed by atoms with E-state index in [1.807, 2.05) is 11.3 Å². The van der Waals surface area contributed by atoms with Crippen LogP contribution in [0.2, 0.25) is 0 Å². The van der Waals surface area contributed by atoms with E-state index in [9.17, 15) is 0 Å². The minimum Gasteiger partial charge on any atom is -0.310 e. The van der Waals surface area contributed by atoms with Crippen LogP contribution in [0.4, 0.5) is 17.1 Å². The van der Waals surface area contributed by atoms with Gasteiger partial charge in [-0.25, -0.2) is 0 Å². The molecule has 0 fully saturated rings. The van der Waals surface area contributed by atoms with Gasteiger partial charge in [-0.05, 0) is 97.4 Å². The van der Waals surface area contributed by atoms with E-state index in [-0.39, 0.29) is 0 Å². The van der Waals surface area contributed by atoms with Gasteiger partial charge in [0, 0.05) is 37.2 Å². The molecule has 52 heavy (non-hydrogen) atoms. The molecular formula is C50H33NS. The van der Waals surface area contributed by atoms with E-state index < -0.39 is 0 Å². The van der Waals surface area contributed by atoms with Crippen molar-refractivity contribution in [3.8, 4) is 33.4 Å². The molecule has 1 nitrogen and oxygen atoms in total. The van der Waals surface area contributed by atoms with Crippen molar-refractivity contribution in [2.45, 2.75) is 0 Å². The summed E-state index contributed by atoms with van der Waals surface area (Å²) in [6, 6.07) is 73.0. The smallest absolute Gasteiger partial charge is 0.0476 e. The molecule has 0 amide bonds. The Kier molecular flexibility index (Phi) is 7.41. The highest BCUT2D eigenvalue weighted by atomic mass is 32.1. The average Bonchev–Trinajstić information content (AvgIpc) is 3.59. The van der Waals surface area contributed by atoms with Crippen LogP contribution in [0, 0.1) is 0 Å². The van der Waals surface area contributed by atoms with Crippen molar-refractivity contribution in [2.75, 3.05) is 4.90 Å². The van der Waals surface area contributed by atoms with Gasteiger partial charge in [0.1, 0.15) is 0 Å². The Morgan fingerprint density at radius 1 is 0.308 bits per heavy atom. The highest BCUT2D eigenvalue weighted by Gasteiger charge is 2.18.